The van der Waals surface area contributed by atoms with Crippen molar-refractivity contribution in [3.05, 3.63) is 53.7 Å². The van der Waals surface area contributed by atoms with Crippen LogP contribution in [0.5, 0.6) is 0 Å². The minimum absolute atomic E-state index is 0.220. The largest absolute Gasteiger partial charge is 0.493 e. The number of benzene rings is 1. The van der Waals surface area contributed by atoms with Gasteiger partial charge in [0, 0.05) is 54.1 Å². The maximum absolute atomic E-state index is 12.7. The van der Waals surface area contributed by atoms with Crippen molar-refractivity contribution in [2.24, 2.45) is 18.1 Å². The number of aryl methyl sites for hydroxylation is 2. The third-order valence-electron chi connectivity index (χ3n) is 5.40. The summed E-state index contributed by atoms with van der Waals surface area (Å²) in [6, 6.07) is 7.62. The summed E-state index contributed by atoms with van der Waals surface area (Å²) < 4.78 is 41.9. The molecule has 1 aromatic carbocycles. The Bertz CT molecular complexity index is 1110. The molecule has 6 nitrogen and oxygen atoms in total. The number of alkyl halides is 3. The highest BCUT2D eigenvalue weighted by atomic mass is 19.4. The molecule has 152 valence electrons. The van der Waals surface area contributed by atoms with E-state index < -0.39 is 12.1 Å². The minimum Gasteiger partial charge on any atom is -0.347 e. The van der Waals surface area contributed by atoms with Crippen molar-refractivity contribution in [3.8, 4) is 0 Å². The summed E-state index contributed by atoms with van der Waals surface area (Å²) in [7, 11) is 1.92. The van der Waals surface area contributed by atoms with Crippen molar-refractivity contribution < 1.29 is 22.8 Å². The molecular weight excluding hydrogens is 385 g/mol. The van der Waals surface area contributed by atoms with Crippen LogP contribution in [0, 0.1) is 12.8 Å². The predicted octanol–water partition coefficient (Wildman–Crippen LogP) is 3.76. The quantitative estimate of drug-likeness (QED) is 0.493. The van der Waals surface area contributed by atoms with Crippen LogP contribution >= 0.6 is 0 Å². The smallest absolute Gasteiger partial charge is 0.347 e. The Balaban J connectivity index is 1.81. The van der Waals surface area contributed by atoms with Gasteiger partial charge in [-0.05, 0) is 25.8 Å². The number of imidazole rings is 1. The van der Waals surface area contributed by atoms with Gasteiger partial charge in [0.25, 0.3) is 0 Å². The lowest BCUT2D eigenvalue weighted by Gasteiger charge is -2.25. The Morgan fingerprint density at radius 2 is 2.10 bits per heavy atom. The number of aromatic nitrogens is 3. The van der Waals surface area contributed by atoms with Gasteiger partial charge in [-0.25, -0.2) is 9.78 Å². The fourth-order valence-corrected chi connectivity index (χ4v) is 3.95. The molecule has 1 aliphatic rings. The second-order valence-electron chi connectivity index (χ2n) is 7.11. The van der Waals surface area contributed by atoms with Crippen LogP contribution in [0.15, 0.2) is 41.8 Å². The molecule has 0 amide bonds. The third-order valence-corrected chi connectivity index (χ3v) is 5.40. The molecule has 3 aromatic rings. The van der Waals surface area contributed by atoms with E-state index in [9.17, 15) is 18.0 Å². The lowest BCUT2D eigenvalue weighted by molar-refractivity contribution is -0.199. The number of oxime groups is 1. The Morgan fingerprint density at radius 3 is 2.79 bits per heavy atom. The monoisotopic (exact) mass is 404 g/mol. The number of carbonyl (C=O) groups is 1. The third kappa shape index (κ3) is 3.41. The molecule has 0 radical (unpaired) electrons. The highest BCUT2D eigenvalue weighted by Gasteiger charge is 2.42. The van der Waals surface area contributed by atoms with Crippen LogP contribution < -0.4 is 0 Å². The molecule has 0 bridgehead atoms. The zero-order chi connectivity index (χ0) is 20.8. The molecule has 9 heteroatoms. The molecule has 0 N–H and O–H groups in total. The number of halogens is 3. The number of carbonyl (C=O) groups excluding carboxylic acids is 1. The second-order valence-corrected chi connectivity index (χ2v) is 7.11. The van der Waals surface area contributed by atoms with E-state index in [1.54, 1.807) is 6.20 Å². The molecule has 0 spiro atoms. The van der Waals surface area contributed by atoms with E-state index in [0.29, 0.717) is 18.7 Å². The van der Waals surface area contributed by atoms with Crippen molar-refractivity contribution >= 4 is 22.6 Å². The van der Waals surface area contributed by atoms with Gasteiger partial charge in [0.15, 0.2) is 0 Å². The number of para-hydroxylation sites is 1. The van der Waals surface area contributed by atoms with Crippen molar-refractivity contribution in [2.45, 2.75) is 32.5 Å². The van der Waals surface area contributed by atoms with Crippen molar-refractivity contribution in [1.29, 1.82) is 0 Å². The van der Waals surface area contributed by atoms with Crippen LogP contribution in [0.25, 0.3) is 10.9 Å². The highest BCUT2D eigenvalue weighted by molar-refractivity contribution is 6.14. The molecule has 0 fully saturated rings. The summed E-state index contributed by atoms with van der Waals surface area (Å²) in [6.07, 6.45) is -0.214. The van der Waals surface area contributed by atoms with Gasteiger partial charge in [-0.15, -0.1) is 0 Å². The second kappa shape index (κ2) is 7.06. The van der Waals surface area contributed by atoms with Gasteiger partial charge in [-0.1, -0.05) is 23.4 Å². The van der Waals surface area contributed by atoms with Crippen LogP contribution in [0.1, 0.15) is 23.5 Å². The molecule has 1 atom stereocenters. The van der Waals surface area contributed by atoms with Crippen LogP contribution in [0.2, 0.25) is 0 Å². The first-order valence-corrected chi connectivity index (χ1v) is 9.18. The molecule has 0 saturated heterocycles. The SMILES string of the molecule is Cc1nccn1CC1CCc2c(c3ccccc3n2C)C1=NOC(=O)C(F)(F)F. The molecule has 0 aliphatic heterocycles. The number of hydrogen-bond donors (Lipinski definition) is 0. The summed E-state index contributed by atoms with van der Waals surface area (Å²) in [5, 5.41) is 4.62. The minimum atomic E-state index is -5.10. The summed E-state index contributed by atoms with van der Waals surface area (Å²) in [5.74, 6) is -1.75. The van der Waals surface area contributed by atoms with Gasteiger partial charge in [0.2, 0.25) is 0 Å². The van der Waals surface area contributed by atoms with Crippen LogP contribution in [-0.2, 0) is 29.6 Å². The van der Waals surface area contributed by atoms with Gasteiger partial charge in [-0.2, -0.15) is 13.2 Å². The lowest BCUT2D eigenvalue weighted by Crippen LogP contribution is -2.30. The maximum Gasteiger partial charge on any atom is 0.493 e. The molecular formula is C20H19F3N4O2. The summed E-state index contributed by atoms with van der Waals surface area (Å²) in [6.45, 7) is 2.34. The number of nitrogens with zero attached hydrogens (tertiary/aromatic N) is 4. The van der Waals surface area contributed by atoms with E-state index in [2.05, 4.69) is 15.0 Å². The molecule has 29 heavy (non-hydrogen) atoms. The van der Waals surface area contributed by atoms with Gasteiger partial charge in [0.05, 0.1) is 5.71 Å². The molecule has 1 aliphatic carbocycles. The fraction of sp³-hybridized carbons (Fsp3) is 0.350. The molecule has 1 unspecified atom stereocenters. The Hall–Kier alpha value is -3.10. The first kappa shape index (κ1) is 19.2. The van der Waals surface area contributed by atoms with Gasteiger partial charge >= 0.3 is 12.1 Å². The standard InChI is InChI=1S/C20H19F3N4O2/c1-12-24-9-10-27(12)11-13-7-8-16-17(14-5-3-4-6-15(14)26(16)2)18(13)25-29-19(28)20(21,22)23/h3-6,9-10,13H,7-8,11H2,1-2H3. The van der Waals surface area contributed by atoms with Gasteiger partial charge in [-0.3, -0.25) is 0 Å². The Morgan fingerprint density at radius 1 is 1.34 bits per heavy atom. The van der Waals surface area contributed by atoms with Crippen LogP contribution in [0.4, 0.5) is 13.2 Å². The predicted molar refractivity (Wildman–Crippen MR) is 100 cm³/mol. The zero-order valence-electron chi connectivity index (χ0n) is 15.9. The van der Waals surface area contributed by atoms with Crippen molar-refractivity contribution in [2.75, 3.05) is 0 Å². The summed E-state index contributed by atoms with van der Waals surface area (Å²) >= 11 is 0. The van der Waals surface area contributed by atoms with Gasteiger partial charge in [0.1, 0.15) is 5.82 Å². The van der Waals surface area contributed by atoms with Gasteiger partial charge < -0.3 is 14.0 Å². The summed E-state index contributed by atoms with van der Waals surface area (Å²) in [5.41, 5.74) is 3.01. The first-order chi connectivity index (χ1) is 13.8. The first-order valence-electron chi connectivity index (χ1n) is 9.18. The number of rotatable bonds is 3. The Kier molecular flexibility index (Phi) is 4.68. The molecule has 2 heterocycles. The zero-order valence-corrected chi connectivity index (χ0v) is 15.9. The topological polar surface area (TPSA) is 61.4 Å². The average Bonchev–Trinajstić information content (AvgIpc) is 3.21. The van der Waals surface area contributed by atoms with E-state index in [4.69, 9.17) is 0 Å². The normalized spacial score (nSPS) is 18.2. The van der Waals surface area contributed by atoms with Crippen LogP contribution in [0.3, 0.4) is 0 Å². The summed E-state index contributed by atoms with van der Waals surface area (Å²) in [4.78, 5) is 19.8. The van der Waals surface area contributed by atoms with Crippen LogP contribution in [-0.4, -0.2) is 32.0 Å². The Labute approximate surface area is 164 Å². The molecule has 4 rings (SSSR count). The van der Waals surface area contributed by atoms with E-state index in [1.807, 2.05) is 53.6 Å². The maximum atomic E-state index is 12.7. The lowest BCUT2D eigenvalue weighted by atomic mass is 9.84. The average molecular weight is 404 g/mol. The van der Waals surface area contributed by atoms with E-state index in [0.717, 1.165) is 34.4 Å². The number of hydrogen-bond acceptors (Lipinski definition) is 4. The van der Waals surface area contributed by atoms with E-state index >= 15 is 0 Å². The fourth-order valence-electron chi connectivity index (χ4n) is 3.95. The molecule has 2 aromatic heterocycles. The molecule has 0 saturated carbocycles. The highest BCUT2D eigenvalue weighted by Crippen LogP contribution is 2.35. The van der Waals surface area contributed by atoms with Crippen molar-refractivity contribution in [1.82, 2.24) is 14.1 Å². The number of fused-ring (bicyclic) bond motifs is 3. The van der Waals surface area contributed by atoms with E-state index in [-0.39, 0.29) is 5.92 Å². The van der Waals surface area contributed by atoms with Crippen molar-refractivity contribution in [3.63, 3.8) is 0 Å². The van der Waals surface area contributed by atoms with E-state index in [1.165, 1.54) is 0 Å².